The van der Waals surface area contributed by atoms with Gasteiger partial charge in [0, 0.05) is 11.4 Å². The van der Waals surface area contributed by atoms with Gasteiger partial charge in [0.2, 0.25) is 5.91 Å². The first-order chi connectivity index (χ1) is 13.6. The normalized spacial score (nSPS) is 16.5. The van der Waals surface area contributed by atoms with E-state index < -0.39 is 0 Å². The van der Waals surface area contributed by atoms with Gasteiger partial charge in [-0.25, -0.2) is 0 Å². The summed E-state index contributed by atoms with van der Waals surface area (Å²) < 4.78 is 11.0. The molecule has 1 saturated heterocycles. The number of carbonyl (C=O) groups is 1. The first-order valence-electron chi connectivity index (χ1n) is 9.58. The second kappa shape index (κ2) is 8.19. The number of carbonyl (C=O) groups excluding carboxylic acids is 1. The highest BCUT2D eigenvalue weighted by atomic mass is 32.1. The number of hydrogen-bond donors (Lipinski definition) is 0. The lowest BCUT2D eigenvalue weighted by Crippen LogP contribution is -2.31. The minimum Gasteiger partial charge on any atom is -0.489 e. The minimum absolute atomic E-state index is 0.195. The summed E-state index contributed by atoms with van der Waals surface area (Å²) in [5.74, 6) is 1.75. The molecule has 3 aromatic rings. The van der Waals surface area contributed by atoms with Crippen LogP contribution in [0.5, 0.6) is 5.75 Å². The van der Waals surface area contributed by atoms with Gasteiger partial charge in [0.1, 0.15) is 18.1 Å². The first kappa shape index (κ1) is 18.7. The lowest BCUT2D eigenvalue weighted by molar-refractivity contribution is -0.131. The van der Waals surface area contributed by atoms with E-state index in [0.717, 1.165) is 47.7 Å². The van der Waals surface area contributed by atoms with Gasteiger partial charge in [0.05, 0.1) is 23.7 Å². The van der Waals surface area contributed by atoms with E-state index in [2.05, 4.69) is 22.7 Å². The van der Waals surface area contributed by atoms with Crippen LogP contribution in [0.15, 0.2) is 46.3 Å². The van der Waals surface area contributed by atoms with Crippen molar-refractivity contribution < 1.29 is 14.1 Å². The molecule has 0 radical (unpaired) electrons. The van der Waals surface area contributed by atoms with E-state index in [-0.39, 0.29) is 11.9 Å². The zero-order valence-electron chi connectivity index (χ0n) is 16.2. The maximum absolute atomic E-state index is 12.8. The molecule has 0 saturated carbocycles. The van der Waals surface area contributed by atoms with Crippen LogP contribution in [0.4, 0.5) is 0 Å². The predicted octanol–water partition coefficient (Wildman–Crippen LogP) is 4.84. The Hall–Kier alpha value is -2.60. The molecule has 1 amide bonds. The van der Waals surface area contributed by atoms with Crippen molar-refractivity contribution in [2.75, 3.05) is 6.54 Å². The maximum Gasteiger partial charge on any atom is 0.227 e. The van der Waals surface area contributed by atoms with Gasteiger partial charge in [-0.1, -0.05) is 23.4 Å². The van der Waals surface area contributed by atoms with E-state index in [1.54, 1.807) is 11.3 Å². The van der Waals surface area contributed by atoms with Gasteiger partial charge in [-0.2, -0.15) is 0 Å². The third kappa shape index (κ3) is 3.97. The van der Waals surface area contributed by atoms with Gasteiger partial charge in [-0.15, -0.1) is 11.3 Å². The van der Waals surface area contributed by atoms with Crippen molar-refractivity contribution in [1.29, 1.82) is 0 Å². The topological polar surface area (TPSA) is 55.6 Å². The molecule has 1 fully saturated rings. The fraction of sp³-hybridized carbons (Fsp3) is 0.364. The average Bonchev–Trinajstić information content (AvgIpc) is 3.43. The van der Waals surface area contributed by atoms with Gasteiger partial charge < -0.3 is 14.2 Å². The number of amides is 1. The molecule has 4 rings (SSSR count). The monoisotopic (exact) mass is 396 g/mol. The molecule has 3 heterocycles. The molecule has 1 aromatic carbocycles. The fourth-order valence-corrected chi connectivity index (χ4v) is 4.56. The summed E-state index contributed by atoms with van der Waals surface area (Å²) in [5.41, 5.74) is 2.84. The van der Waals surface area contributed by atoms with Crippen LogP contribution in [-0.4, -0.2) is 22.5 Å². The Balaban J connectivity index is 1.36. The number of aryl methyl sites for hydroxylation is 2. The van der Waals surface area contributed by atoms with Gasteiger partial charge >= 0.3 is 0 Å². The molecule has 1 atom stereocenters. The largest absolute Gasteiger partial charge is 0.489 e. The van der Waals surface area contributed by atoms with Crippen molar-refractivity contribution in [2.45, 2.75) is 45.8 Å². The predicted molar refractivity (Wildman–Crippen MR) is 108 cm³/mol. The van der Waals surface area contributed by atoms with Crippen LogP contribution in [0.1, 0.15) is 46.3 Å². The van der Waals surface area contributed by atoms with Crippen molar-refractivity contribution in [1.82, 2.24) is 10.1 Å². The number of ether oxygens (including phenoxy) is 1. The van der Waals surface area contributed by atoms with Crippen LogP contribution in [0.25, 0.3) is 0 Å². The summed E-state index contributed by atoms with van der Waals surface area (Å²) in [6.07, 6.45) is 2.55. The second-order valence-corrected chi connectivity index (χ2v) is 8.15. The van der Waals surface area contributed by atoms with E-state index in [4.69, 9.17) is 9.26 Å². The van der Waals surface area contributed by atoms with E-state index in [0.29, 0.717) is 13.0 Å². The first-order valence-corrected chi connectivity index (χ1v) is 10.5. The summed E-state index contributed by atoms with van der Waals surface area (Å²) >= 11 is 1.73. The maximum atomic E-state index is 12.8. The third-order valence-corrected chi connectivity index (χ3v) is 6.26. The van der Waals surface area contributed by atoms with Crippen molar-refractivity contribution in [2.24, 2.45) is 0 Å². The lowest BCUT2D eigenvalue weighted by atomic mass is 10.1. The van der Waals surface area contributed by atoms with Crippen molar-refractivity contribution in [3.05, 3.63) is 69.2 Å². The number of rotatable bonds is 6. The van der Waals surface area contributed by atoms with Gasteiger partial charge in [-0.3, -0.25) is 4.79 Å². The van der Waals surface area contributed by atoms with Crippen LogP contribution in [0.3, 0.4) is 0 Å². The number of benzene rings is 1. The van der Waals surface area contributed by atoms with Crippen molar-refractivity contribution >= 4 is 17.2 Å². The molecule has 0 bridgehead atoms. The number of aromatic nitrogens is 1. The Morgan fingerprint density at radius 3 is 2.79 bits per heavy atom. The van der Waals surface area contributed by atoms with Gasteiger partial charge in [0.15, 0.2) is 0 Å². The molecule has 0 spiro atoms. The Labute approximate surface area is 168 Å². The fourth-order valence-electron chi connectivity index (χ4n) is 3.69. The highest BCUT2D eigenvalue weighted by Crippen LogP contribution is 2.34. The second-order valence-electron chi connectivity index (χ2n) is 7.17. The van der Waals surface area contributed by atoms with E-state index in [1.807, 2.05) is 43.0 Å². The molecule has 28 heavy (non-hydrogen) atoms. The molecule has 5 nitrogen and oxygen atoms in total. The summed E-state index contributed by atoms with van der Waals surface area (Å²) in [5, 5.41) is 6.02. The van der Waals surface area contributed by atoms with Gasteiger partial charge in [0.25, 0.3) is 0 Å². The standard InChI is InChI=1S/C22H24N2O3S/c1-15-19(16(2)27-23-15)14-26-18-9-7-17(8-10-18)13-22(25)24-11-3-5-20(24)21-6-4-12-28-21/h4,6-10,12,20H,3,5,11,13-14H2,1-2H3. The molecular weight excluding hydrogens is 372 g/mol. The highest BCUT2D eigenvalue weighted by Gasteiger charge is 2.30. The van der Waals surface area contributed by atoms with Crippen LogP contribution >= 0.6 is 11.3 Å². The summed E-state index contributed by atoms with van der Waals surface area (Å²) in [7, 11) is 0. The van der Waals surface area contributed by atoms with E-state index >= 15 is 0 Å². The Bertz CT molecular complexity index is 912. The van der Waals surface area contributed by atoms with Crippen LogP contribution < -0.4 is 4.74 Å². The molecule has 2 aromatic heterocycles. The number of likely N-dealkylation sites (tertiary alicyclic amines) is 1. The minimum atomic E-state index is 0.195. The summed E-state index contributed by atoms with van der Waals surface area (Å²) in [6, 6.07) is 12.2. The molecular formula is C22H24N2O3S. The smallest absolute Gasteiger partial charge is 0.227 e. The van der Waals surface area contributed by atoms with Crippen LogP contribution in [0.2, 0.25) is 0 Å². The van der Waals surface area contributed by atoms with Crippen LogP contribution in [0, 0.1) is 13.8 Å². The molecule has 1 aliphatic heterocycles. The summed E-state index contributed by atoms with van der Waals surface area (Å²) in [6.45, 7) is 5.07. The summed E-state index contributed by atoms with van der Waals surface area (Å²) in [4.78, 5) is 16.2. The zero-order valence-corrected chi connectivity index (χ0v) is 17.0. The quantitative estimate of drug-likeness (QED) is 0.598. The third-order valence-electron chi connectivity index (χ3n) is 5.29. The van der Waals surface area contributed by atoms with Crippen LogP contribution in [-0.2, 0) is 17.8 Å². The number of hydrogen-bond acceptors (Lipinski definition) is 5. The zero-order chi connectivity index (χ0) is 19.5. The molecule has 1 aliphatic rings. The molecule has 6 heteroatoms. The highest BCUT2D eigenvalue weighted by molar-refractivity contribution is 7.10. The lowest BCUT2D eigenvalue weighted by Gasteiger charge is -2.24. The number of thiophene rings is 1. The van der Waals surface area contributed by atoms with Crippen molar-refractivity contribution in [3.63, 3.8) is 0 Å². The SMILES string of the molecule is Cc1noc(C)c1COc1ccc(CC(=O)N2CCCC2c2cccs2)cc1. The average molecular weight is 397 g/mol. The van der Waals surface area contributed by atoms with Gasteiger partial charge in [-0.05, 0) is 55.8 Å². The Morgan fingerprint density at radius 2 is 2.11 bits per heavy atom. The van der Waals surface area contributed by atoms with E-state index in [9.17, 15) is 4.79 Å². The Kier molecular flexibility index (Phi) is 5.48. The number of nitrogens with zero attached hydrogens (tertiary/aromatic N) is 2. The molecule has 146 valence electrons. The molecule has 1 unspecified atom stereocenters. The Morgan fingerprint density at radius 1 is 1.29 bits per heavy atom. The molecule has 0 N–H and O–H groups in total. The van der Waals surface area contributed by atoms with Crippen molar-refractivity contribution in [3.8, 4) is 5.75 Å². The van der Waals surface area contributed by atoms with E-state index in [1.165, 1.54) is 4.88 Å². The molecule has 0 aliphatic carbocycles.